The van der Waals surface area contributed by atoms with E-state index in [0.717, 1.165) is 5.56 Å². The molecule has 0 aliphatic carbocycles. The van der Waals surface area contributed by atoms with Crippen molar-refractivity contribution in [2.45, 2.75) is 25.6 Å². The van der Waals surface area contributed by atoms with Crippen LogP contribution in [-0.2, 0) is 10.3 Å². The van der Waals surface area contributed by atoms with E-state index in [1.165, 1.54) is 0 Å². The van der Waals surface area contributed by atoms with Crippen molar-refractivity contribution in [1.82, 2.24) is 5.32 Å². The summed E-state index contributed by atoms with van der Waals surface area (Å²) in [6, 6.07) is 9.73. The normalized spacial score (nSPS) is 12.7. The van der Waals surface area contributed by atoms with Crippen molar-refractivity contribution >= 4 is 0 Å². The first kappa shape index (κ1) is 15.0. The topological polar surface area (TPSA) is 21.3 Å². The first-order valence-electron chi connectivity index (χ1n) is 5.76. The van der Waals surface area contributed by atoms with E-state index in [2.05, 4.69) is 10.1 Å². The van der Waals surface area contributed by atoms with E-state index in [1.807, 2.05) is 44.2 Å². The van der Waals surface area contributed by atoms with Gasteiger partial charge in [-0.25, -0.2) is 0 Å². The molecule has 18 heavy (non-hydrogen) atoms. The van der Waals surface area contributed by atoms with Gasteiger partial charge >= 0.3 is 6.18 Å². The van der Waals surface area contributed by atoms with Crippen molar-refractivity contribution in [3.05, 3.63) is 35.9 Å². The van der Waals surface area contributed by atoms with Gasteiger partial charge in [0, 0.05) is 12.1 Å². The molecule has 0 saturated heterocycles. The Balaban J connectivity index is 2.30. The van der Waals surface area contributed by atoms with Gasteiger partial charge < -0.3 is 10.1 Å². The number of rotatable bonds is 6. The van der Waals surface area contributed by atoms with Crippen LogP contribution in [0.25, 0.3) is 0 Å². The summed E-state index contributed by atoms with van der Waals surface area (Å²) in [6.07, 6.45) is -4.26. The van der Waals surface area contributed by atoms with Crippen LogP contribution in [0.1, 0.15) is 19.4 Å². The standard InChI is InChI=1S/C13H18F3NO/c1-12(2,11-6-4-3-5-7-11)17-8-9-18-10-13(14,15)16/h3-7,17H,8-10H2,1-2H3. The molecule has 0 amide bonds. The first-order valence-corrected chi connectivity index (χ1v) is 5.76. The third-order valence-corrected chi connectivity index (χ3v) is 2.57. The van der Waals surface area contributed by atoms with Crippen LogP contribution < -0.4 is 5.32 Å². The molecule has 0 fully saturated rings. The number of ether oxygens (including phenoxy) is 1. The Bertz CT molecular complexity index is 349. The van der Waals surface area contributed by atoms with E-state index >= 15 is 0 Å². The minimum absolute atomic E-state index is 0.0375. The van der Waals surface area contributed by atoms with Crippen LogP contribution in [0.2, 0.25) is 0 Å². The van der Waals surface area contributed by atoms with E-state index in [1.54, 1.807) is 0 Å². The molecule has 0 unspecified atom stereocenters. The molecule has 0 atom stereocenters. The van der Waals surface area contributed by atoms with Gasteiger partial charge in [0.05, 0.1) is 6.61 Å². The van der Waals surface area contributed by atoms with E-state index < -0.39 is 12.8 Å². The monoisotopic (exact) mass is 261 g/mol. The summed E-state index contributed by atoms with van der Waals surface area (Å²) in [5, 5.41) is 3.17. The fourth-order valence-electron chi connectivity index (χ4n) is 1.58. The van der Waals surface area contributed by atoms with Crippen LogP contribution in [0.15, 0.2) is 30.3 Å². The molecule has 1 N–H and O–H groups in total. The molecule has 0 aliphatic rings. The average molecular weight is 261 g/mol. The Morgan fingerprint density at radius 3 is 2.28 bits per heavy atom. The molecule has 102 valence electrons. The highest BCUT2D eigenvalue weighted by atomic mass is 19.4. The molecule has 1 aromatic rings. The first-order chi connectivity index (χ1) is 8.31. The molecule has 5 heteroatoms. The van der Waals surface area contributed by atoms with Gasteiger partial charge in [-0.1, -0.05) is 30.3 Å². The van der Waals surface area contributed by atoms with Crippen molar-refractivity contribution in [3.63, 3.8) is 0 Å². The Morgan fingerprint density at radius 2 is 1.72 bits per heavy atom. The maximum Gasteiger partial charge on any atom is 0.411 e. The summed E-state index contributed by atoms with van der Waals surface area (Å²) < 4.78 is 40.1. The Morgan fingerprint density at radius 1 is 1.11 bits per heavy atom. The van der Waals surface area contributed by atoms with E-state index in [9.17, 15) is 13.2 Å². The number of alkyl halides is 3. The third kappa shape index (κ3) is 5.51. The molecule has 0 spiro atoms. The SMILES string of the molecule is CC(C)(NCCOCC(F)(F)F)c1ccccc1. The van der Waals surface area contributed by atoms with E-state index in [0.29, 0.717) is 6.54 Å². The molecule has 0 bridgehead atoms. The summed E-state index contributed by atoms with van der Waals surface area (Å²) in [6.45, 7) is 3.17. The van der Waals surface area contributed by atoms with Crippen LogP contribution in [0, 0.1) is 0 Å². The predicted octanol–water partition coefficient (Wildman–Crippen LogP) is 3.09. The zero-order valence-electron chi connectivity index (χ0n) is 10.6. The molecule has 0 aliphatic heterocycles. The molecule has 1 rings (SSSR count). The smallest absolute Gasteiger partial charge is 0.371 e. The quantitative estimate of drug-likeness (QED) is 0.794. The van der Waals surface area contributed by atoms with Gasteiger partial charge in [0.15, 0.2) is 0 Å². The van der Waals surface area contributed by atoms with Gasteiger partial charge in [0.25, 0.3) is 0 Å². The minimum Gasteiger partial charge on any atom is -0.371 e. The lowest BCUT2D eigenvalue weighted by Crippen LogP contribution is -2.38. The highest BCUT2D eigenvalue weighted by Crippen LogP contribution is 2.19. The predicted molar refractivity (Wildman–Crippen MR) is 64.3 cm³/mol. The third-order valence-electron chi connectivity index (χ3n) is 2.57. The zero-order valence-corrected chi connectivity index (χ0v) is 10.6. The molecule has 0 aromatic heterocycles. The zero-order chi connectivity index (χ0) is 13.6. The van der Waals surface area contributed by atoms with Gasteiger partial charge in [-0.3, -0.25) is 0 Å². The molecule has 2 nitrogen and oxygen atoms in total. The molecule has 0 radical (unpaired) electrons. The Hall–Kier alpha value is -1.07. The fourth-order valence-corrected chi connectivity index (χ4v) is 1.58. The van der Waals surface area contributed by atoms with E-state index in [-0.39, 0.29) is 12.1 Å². The highest BCUT2D eigenvalue weighted by Gasteiger charge is 2.27. The molecule has 1 aromatic carbocycles. The summed E-state index contributed by atoms with van der Waals surface area (Å²) in [5.41, 5.74) is 0.795. The van der Waals surface area contributed by atoms with Gasteiger partial charge in [-0.05, 0) is 19.4 Å². The Labute approximate surface area is 105 Å². The van der Waals surface area contributed by atoms with Crippen molar-refractivity contribution in [2.75, 3.05) is 19.8 Å². The lowest BCUT2D eigenvalue weighted by molar-refractivity contribution is -0.173. The maximum absolute atomic E-state index is 11.8. The largest absolute Gasteiger partial charge is 0.411 e. The van der Waals surface area contributed by atoms with Crippen LogP contribution in [0.4, 0.5) is 13.2 Å². The maximum atomic E-state index is 11.8. The lowest BCUT2D eigenvalue weighted by atomic mass is 9.94. The van der Waals surface area contributed by atoms with Crippen LogP contribution in [0.3, 0.4) is 0 Å². The van der Waals surface area contributed by atoms with E-state index in [4.69, 9.17) is 0 Å². The second-order valence-electron chi connectivity index (χ2n) is 4.59. The molecular weight excluding hydrogens is 243 g/mol. The van der Waals surface area contributed by atoms with Crippen LogP contribution in [0.5, 0.6) is 0 Å². The summed E-state index contributed by atoms with van der Waals surface area (Å²) in [7, 11) is 0. The summed E-state index contributed by atoms with van der Waals surface area (Å²) in [5.74, 6) is 0. The van der Waals surface area contributed by atoms with Crippen molar-refractivity contribution < 1.29 is 17.9 Å². The lowest BCUT2D eigenvalue weighted by Gasteiger charge is -2.27. The van der Waals surface area contributed by atoms with Crippen LogP contribution >= 0.6 is 0 Å². The number of benzene rings is 1. The molecule has 0 saturated carbocycles. The van der Waals surface area contributed by atoms with Crippen molar-refractivity contribution in [3.8, 4) is 0 Å². The average Bonchev–Trinajstić information content (AvgIpc) is 2.28. The number of nitrogens with one attached hydrogen (secondary N) is 1. The number of halogens is 3. The molecule has 0 heterocycles. The van der Waals surface area contributed by atoms with Gasteiger partial charge in [-0.15, -0.1) is 0 Å². The van der Waals surface area contributed by atoms with Gasteiger partial charge in [0.2, 0.25) is 0 Å². The highest BCUT2D eigenvalue weighted by molar-refractivity contribution is 5.22. The van der Waals surface area contributed by atoms with Gasteiger partial charge in [0.1, 0.15) is 6.61 Å². The number of hydrogen-bond acceptors (Lipinski definition) is 2. The second kappa shape index (κ2) is 6.20. The Kier molecular flexibility index (Phi) is 5.16. The fraction of sp³-hybridized carbons (Fsp3) is 0.538. The van der Waals surface area contributed by atoms with Crippen molar-refractivity contribution in [2.24, 2.45) is 0 Å². The summed E-state index contributed by atoms with van der Waals surface area (Å²) >= 11 is 0. The van der Waals surface area contributed by atoms with Crippen molar-refractivity contribution in [1.29, 1.82) is 0 Å². The van der Waals surface area contributed by atoms with Gasteiger partial charge in [-0.2, -0.15) is 13.2 Å². The summed E-state index contributed by atoms with van der Waals surface area (Å²) in [4.78, 5) is 0. The second-order valence-corrected chi connectivity index (χ2v) is 4.59. The van der Waals surface area contributed by atoms with Crippen LogP contribution in [-0.4, -0.2) is 25.9 Å². The minimum atomic E-state index is -4.26. The number of hydrogen-bond donors (Lipinski definition) is 1. The molecular formula is C13H18F3NO.